The second-order valence-corrected chi connectivity index (χ2v) is 7.56. The lowest BCUT2D eigenvalue weighted by molar-refractivity contribution is -0.116. The zero-order valence-corrected chi connectivity index (χ0v) is 12.8. The van der Waals surface area contributed by atoms with Gasteiger partial charge in [0.15, 0.2) is 0 Å². The van der Waals surface area contributed by atoms with Crippen LogP contribution in [0.25, 0.3) is 0 Å². The maximum Gasteiger partial charge on any atom is 0.243 e. The third kappa shape index (κ3) is 2.45. The molecule has 0 radical (unpaired) electrons. The van der Waals surface area contributed by atoms with Gasteiger partial charge in [-0.3, -0.25) is 4.79 Å². The Morgan fingerprint density at radius 1 is 1.33 bits per heavy atom. The van der Waals surface area contributed by atoms with Gasteiger partial charge in [-0.2, -0.15) is 4.31 Å². The Labute approximate surface area is 124 Å². The summed E-state index contributed by atoms with van der Waals surface area (Å²) in [6, 6.07) is 4.92. The summed E-state index contributed by atoms with van der Waals surface area (Å²) in [5, 5.41) is 0. The van der Waals surface area contributed by atoms with E-state index in [0.29, 0.717) is 37.4 Å². The van der Waals surface area contributed by atoms with Crippen LogP contribution in [0, 0.1) is 0 Å². The molecule has 0 aliphatic carbocycles. The summed E-state index contributed by atoms with van der Waals surface area (Å²) in [6.07, 6.45) is 1.39. The predicted octanol–water partition coefficient (Wildman–Crippen LogP) is 0.317. The minimum Gasteiger partial charge on any atom is -0.326 e. The van der Waals surface area contributed by atoms with Gasteiger partial charge in [0, 0.05) is 38.3 Å². The first-order valence-electron chi connectivity index (χ1n) is 7.06. The number of nitrogens with two attached hydrogens (primary N) is 1. The summed E-state index contributed by atoms with van der Waals surface area (Å²) in [5.74, 6) is -0.0186. The number of fused-ring (bicyclic) bond motifs is 1. The fourth-order valence-electron chi connectivity index (χ4n) is 2.99. The van der Waals surface area contributed by atoms with Crippen LogP contribution in [-0.2, 0) is 21.2 Å². The molecule has 21 heavy (non-hydrogen) atoms. The van der Waals surface area contributed by atoms with Gasteiger partial charge in [-0.05, 0) is 36.6 Å². The average Bonchev–Trinajstić information content (AvgIpc) is 3.03. The Morgan fingerprint density at radius 3 is 2.71 bits per heavy atom. The van der Waals surface area contributed by atoms with E-state index in [1.165, 1.54) is 11.2 Å². The topological polar surface area (TPSA) is 83.7 Å². The lowest BCUT2D eigenvalue weighted by atomic mass is 10.2. The minimum atomic E-state index is -3.48. The molecule has 0 spiro atoms. The maximum absolute atomic E-state index is 12.6. The SMILES string of the molecule is CC(=O)N1CCc2cc(S(=O)(=O)N3CCC(N)C3)ccc21. The number of hydrogen-bond acceptors (Lipinski definition) is 4. The van der Waals surface area contributed by atoms with E-state index in [1.807, 2.05) is 0 Å². The molecule has 1 aromatic rings. The Hall–Kier alpha value is -1.44. The van der Waals surface area contributed by atoms with E-state index in [0.717, 1.165) is 11.3 Å². The van der Waals surface area contributed by atoms with E-state index >= 15 is 0 Å². The van der Waals surface area contributed by atoms with Crippen molar-refractivity contribution in [1.82, 2.24) is 4.31 Å². The molecule has 2 aliphatic heterocycles. The summed E-state index contributed by atoms with van der Waals surface area (Å²) in [6.45, 7) is 2.98. The lowest BCUT2D eigenvalue weighted by Crippen LogP contribution is -2.32. The zero-order chi connectivity index (χ0) is 15.2. The highest BCUT2D eigenvalue weighted by molar-refractivity contribution is 7.89. The molecule has 1 atom stereocenters. The van der Waals surface area contributed by atoms with E-state index in [2.05, 4.69) is 0 Å². The van der Waals surface area contributed by atoms with Crippen molar-refractivity contribution in [2.45, 2.75) is 30.7 Å². The van der Waals surface area contributed by atoms with Crippen molar-refractivity contribution in [3.05, 3.63) is 23.8 Å². The molecule has 1 saturated heterocycles. The van der Waals surface area contributed by atoms with Crippen LogP contribution in [0.3, 0.4) is 0 Å². The van der Waals surface area contributed by atoms with Gasteiger partial charge in [0.1, 0.15) is 0 Å². The second-order valence-electron chi connectivity index (χ2n) is 5.62. The molecule has 2 aliphatic rings. The van der Waals surface area contributed by atoms with E-state index in [9.17, 15) is 13.2 Å². The highest BCUT2D eigenvalue weighted by Gasteiger charge is 2.32. The van der Waals surface area contributed by atoms with Crippen LogP contribution in [0.15, 0.2) is 23.1 Å². The minimum absolute atomic E-state index is 0.0186. The number of anilines is 1. The molecule has 1 unspecified atom stereocenters. The number of carbonyl (C=O) groups is 1. The normalized spacial score (nSPS) is 22.6. The molecule has 2 heterocycles. The van der Waals surface area contributed by atoms with Crippen LogP contribution in [-0.4, -0.2) is 44.3 Å². The average molecular weight is 309 g/mol. The molecule has 6 nitrogen and oxygen atoms in total. The first kappa shape index (κ1) is 14.5. The van der Waals surface area contributed by atoms with Crippen LogP contribution in [0.5, 0.6) is 0 Å². The molecule has 0 aromatic heterocycles. The van der Waals surface area contributed by atoms with Gasteiger partial charge in [0.25, 0.3) is 0 Å². The summed E-state index contributed by atoms with van der Waals surface area (Å²) in [7, 11) is -3.48. The standard InChI is InChI=1S/C14H19N3O3S/c1-10(18)17-7-4-11-8-13(2-3-14(11)17)21(19,20)16-6-5-12(15)9-16/h2-3,8,12H,4-7,9,15H2,1H3. The molecular weight excluding hydrogens is 290 g/mol. The first-order valence-corrected chi connectivity index (χ1v) is 8.50. The number of sulfonamides is 1. The van der Waals surface area contributed by atoms with Crippen molar-refractivity contribution in [2.24, 2.45) is 5.73 Å². The molecule has 0 saturated carbocycles. The highest BCUT2D eigenvalue weighted by Crippen LogP contribution is 2.31. The van der Waals surface area contributed by atoms with Gasteiger partial charge in [-0.15, -0.1) is 0 Å². The third-order valence-electron chi connectivity index (χ3n) is 4.15. The number of amides is 1. The smallest absolute Gasteiger partial charge is 0.243 e. The van der Waals surface area contributed by atoms with Crippen molar-refractivity contribution in [3.8, 4) is 0 Å². The van der Waals surface area contributed by atoms with Crippen LogP contribution in [0.2, 0.25) is 0 Å². The third-order valence-corrected chi connectivity index (χ3v) is 6.01. The van der Waals surface area contributed by atoms with E-state index in [-0.39, 0.29) is 11.9 Å². The summed E-state index contributed by atoms with van der Waals surface area (Å²) >= 11 is 0. The van der Waals surface area contributed by atoms with Crippen LogP contribution in [0.1, 0.15) is 18.9 Å². The fraction of sp³-hybridized carbons (Fsp3) is 0.500. The molecule has 3 rings (SSSR count). The molecule has 2 N–H and O–H groups in total. The number of nitrogens with zero attached hydrogens (tertiary/aromatic N) is 2. The van der Waals surface area contributed by atoms with Gasteiger partial charge in [-0.1, -0.05) is 0 Å². The molecule has 1 fully saturated rings. The van der Waals surface area contributed by atoms with Crippen molar-refractivity contribution < 1.29 is 13.2 Å². The number of benzene rings is 1. The van der Waals surface area contributed by atoms with Crippen molar-refractivity contribution in [3.63, 3.8) is 0 Å². The van der Waals surface area contributed by atoms with Crippen LogP contribution >= 0.6 is 0 Å². The van der Waals surface area contributed by atoms with Crippen LogP contribution in [0.4, 0.5) is 5.69 Å². The molecule has 114 valence electrons. The Morgan fingerprint density at radius 2 is 2.10 bits per heavy atom. The van der Waals surface area contributed by atoms with E-state index < -0.39 is 10.0 Å². The largest absolute Gasteiger partial charge is 0.326 e. The zero-order valence-electron chi connectivity index (χ0n) is 11.9. The van der Waals surface area contributed by atoms with Gasteiger partial charge in [0.05, 0.1) is 4.90 Å². The highest BCUT2D eigenvalue weighted by atomic mass is 32.2. The molecule has 7 heteroatoms. The maximum atomic E-state index is 12.6. The van der Waals surface area contributed by atoms with Crippen LogP contribution < -0.4 is 10.6 Å². The Kier molecular flexibility index (Phi) is 3.51. The van der Waals surface area contributed by atoms with E-state index in [4.69, 9.17) is 5.73 Å². The van der Waals surface area contributed by atoms with Gasteiger partial charge in [-0.25, -0.2) is 8.42 Å². The van der Waals surface area contributed by atoms with E-state index in [1.54, 1.807) is 23.1 Å². The number of hydrogen-bond donors (Lipinski definition) is 1. The summed E-state index contributed by atoms with van der Waals surface area (Å²) in [5.41, 5.74) is 7.52. The first-order chi connectivity index (χ1) is 9.89. The molecule has 0 bridgehead atoms. The Balaban J connectivity index is 1.93. The number of carbonyl (C=O) groups excluding carboxylic acids is 1. The predicted molar refractivity (Wildman–Crippen MR) is 79.5 cm³/mol. The molecule has 1 aromatic carbocycles. The van der Waals surface area contributed by atoms with Crippen molar-refractivity contribution in [2.75, 3.05) is 24.5 Å². The summed E-state index contributed by atoms with van der Waals surface area (Å²) in [4.78, 5) is 13.5. The summed E-state index contributed by atoms with van der Waals surface area (Å²) < 4.78 is 26.6. The quantitative estimate of drug-likeness (QED) is 0.852. The van der Waals surface area contributed by atoms with Crippen molar-refractivity contribution in [1.29, 1.82) is 0 Å². The lowest BCUT2D eigenvalue weighted by Gasteiger charge is -2.18. The second kappa shape index (κ2) is 5.08. The molecule has 1 amide bonds. The Bertz CT molecular complexity index is 687. The van der Waals surface area contributed by atoms with Gasteiger partial charge >= 0.3 is 0 Å². The van der Waals surface area contributed by atoms with Gasteiger partial charge in [0.2, 0.25) is 15.9 Å². The monoisotopic (exact) mass is 309 g/mol. The number of rotatable bonds is 2. The van der Waals surface area contributed by atoms with Crippen molar-refractivity contribution >= 4 is 21.6 Å². The molecular formula is C14H19N3O3S. The fourth-order valence-corrected chi connectivity index (χ4v) is 4.55. The van der Waals surface area contributed by atoms with Gasteiger partial charge < -0.3 is 10.6 Å².